The van der Waals surface area contributed by atoms with Crippen LogP contribution in [0.2, 0.25) is 0 Å². The maximum Gasteiger partial charge on any atom is 0.207 e. The predicted octanol–water partition coefficient (Wildman–Crippen LogP) is 4.56. The van der Waals surface area contributed by atoms with Crippen LogP contribution in [0.4, 0.5) is 0 Å². The van der Waals surface area contributed by atoms with Crippen molar-refractivity contribution in [3.8, 4) is 17.6 Å². The Bertz CT molecular complexity index is 1040. The van der Waals surface area contributed by atoms with E-state index in [4.69, 9.17) is 4.42 Å². The monoisotopic (exact) mass is 329 g/mol. The minimum atomic E-state index is -0.209. The molecule has 0 bridgehead atoms. The Labute approximate surface area is 144 Å². The van der Waals surface area contributed by atoms with Crippen LogP contribution in [0, 0.1) is 18.3 Å². The molecular weight excluding hydrogens is 314 g/mol. The van der Waals surface area contributed by atoms with Gasteiger partial charge >= 0.3 is 0 Å². The summed E-state index contributed by atoms with van der Waals surface area (Å²) < 4.78 is 5.31. The van der Waals surface area contributed by atoms with E-state index in [2.05, 4.69) is 12.1 Å². The van der Waals surface area contributed by atoms with Gasteiger partial charge in [0.05, 0.1) is 6.26 Å². The Morgan fingerprint density at radius 2 is 1.76 bits per heavy atom. The van der Waals surface area contributed by atoms with Crippen LogP contribution in [0.5, 0.6) is 11.5 Å². The van der Waals surface area contributed by atoms with Crippen LogP contribution in [0.25, 0.3) is 11.6 Å². The van der Waals surface area contributed by atoms with Crippen molar-refractivity contribution in [3.05, 3.63) is 82.3 Å². The van der Waals surface area contributed by atoms with Crippen LogP contribution < -0.4 is 0 Å². The number of hydrogen-bond acceptors (Lipinski definition) is 4. The third-order valence-corrected chi connectivity index (χ3v) is 4.63. The number of benzene rings is 2. The lowest BCUT2D eigenvalue weighted by molar-refractivity contribution is 0.474. The van der Waals surface area contributed by atoms with Crippen LogP contribution in [0.3, 0.4) is 0 Å². The van der Waals surface area contributed by atoms with E-state index in [1.165, 1.54) is 6.26 Å². The quantitative estimate of drug-likeness (QED) is 0.722. The summed E-state index contributed by atoms with van der Waals surface area (Å²) in [5.74, 6) is 0.456. The average Bonchev–Trinajstić information content (AvgIpc) is 3.19. The fourth-order valence-corrected chi connectivity index (χ4v) is 3.52. The van der Waals surface area contributed by atoms with E-state index in [0.29, 0.717) is 0 Å². The van der Waals surface area contributed by atoms with Gasteiger partial charge in [-0.3, -0.25) is 0 Å². The average molecular weight is 329 g/mol. The highest BCUT2D eigenvalue weighted by Crippen LogP contribution is 2.49. The molecule has 0 amide bonds. The number of aromatic hydroxyl groups is 2. The number of furan rings is 1. The second-order valence-corrected chi connectivity index (χ2v) is 6.16. The van der Waals surface area contributed by atoms with E-state index in [9.17, 15) is 15.5 Å². The zero-order chi connectivity index (χ0) is 17.6. The van der Waals surface area contributed by atoms with Crippen molar-refractivity contribution in [2.24, 2.45) is 0 Å². The van der Waals surface area contributed by atoms with Gasteiger partial charge in [0.25, 0.3) is 0 Å². The summed E-state index contributed by atoms with van der Waals surface area (Å²) >= 11 is 0. The summed E-state index contributed by atoms with van der Waals surface area (Å²) in [5.41, 5.74) is 5.67. The SMILES string of the molecule is Cc1cc(O)cc2c1C=C(c1ccc(O)cc1)C2c1ccoc1C#N. The molecule has 1 aliphatic carbocycles. The van der Waals surface area contributed by atoms with Crippen molar-refractivity contribution >= 4 is 11.6 Å². The van der Waals surface area contributed by atoms with Gasteiger partial charge in [0, 0.05) is 11.5 Å². The Hall–Kier alpha value is -3.45. The molecule has 122 valence electrons. The summed E-state index contributed by atoms with van der Waals surface area (Å²) in [6, 6.07) is 14.3. The van der Waals surface area contributed by atoms with Gasteiger partial charge in [-0.15, -0.1) is 0 Å². The third kappa shape index (κ3) is 2.38. The maximum atomic E-state index is 10.1. The van der Waals surface area contributed by atoms with Crippen LogP contribution >= 0.6 is 0 Å². The molecule has 1 aromatic heterocycles. The molecule has 0 saturated carbocycles. The highest BCUT2D eigenvalue weighted by atomic mass is 16.3. The van der Waals surface area contributed by atoms with Crippen molar-refractivity contribution < 1.29 is 14.6 Å². The smallest absolute Gasteiger partial charge is 0.207 e. The fraction of sp³-hybridized carbons (Fsp3) is 0.0952. The molecule has 4 heteroatoms. The first kappa shape index (κ1) is 15.1. The first-order chi connectivity index (χ1) is 12.1. The first-order valence-corrected chi connectivity index (χ1v) is 7.90. The summed E-state index contributed by atoms with van der Waals surface area (Å²) in [4.78, 5) is 0. The molecule has 0 radical (unpaired) electrons. The second kappa shape index (κ2) is 5.57. The minimum Gasteiger partial charge on any atom is -0.508 e. The van der Waals surface area contributed by atoms with Gasteiger partial charge in [-0.2, -0.15) is 5.26 Å². The van der Waals surface area contributed by atoms with Gasteiger partial charge in [-0.1, -0.05) is 12.1 Å². The Balaban J connectivity index is 1.96. The van der Waals surface area contributed by atoms with Gasteiger partial charge in [0.15, 0.2) is 0 Å². The molecule has 0 aliphatic heterocycles. The lowest BCUT2D eigenvalue weighted by atomic mass is 9.85. The number of aryl methyl sites for hydroxylation is 1. The first-order valence-electron chi connectivity index (χ1n) is 7.90. The normalized spacial score (nSPS) is 15.5. The second-order valence-electron chi connectivity index (χ2n) is 6.16. The molecule has 2 aromatic carbocycles. The van der Waals surface area contributed by atoms with Crippen LogP contribution in [0.15, 0.2) is 53.1 Å². The summed E-state index contributed by atoms with van der Waals surface area (Å²) in [6.07, 6.45) is 3.59. The van der Waals surface area contributed by atoms with Gasteiger partial charge in [0.2, 0.25) is 5.76 Å². The molecule has 1 heterocycles. The van der Waals surface area contributed by atoms with E-state index in [0.717, 1.165) is 33.4 Å². The van der Waals surface area contributed by atoms with Crippen molar-refractivity contribution in [1.29, 1.82) is 5.26 Å². The Kier molecular flexibility index (Phi) is 3.36. The van der Waals surface area contributed by atoms with E-state index >= 15 is 0 Å². The highest BCUT2D eigenvalue weighted by molar-refractivity contribution is 5.95. The molecule has 4 rings (SSSR count). The molecule has 25 heavy (non-hydrogen) atoms. The predicted molar refractivity (Wildman–Crippen MR) is 94.1 cm³/mol. The molecular formula is C21H15NO3. The zero-order valence-electron chi connectivity index (χ0n) is 13.5. The Morgan fingerprint density at radius 3 is 2.48 bits per heavy atom. The number of rotatable bonds is 2. The summed E-state index contributed by atoms with van der Waals surface area (Å²) in [6.45, 7) is 1.95. The van der Waals surface area contributed by atoms with Crippen molar-refractivity contribution in [1.82, 2.24) is 0 Å². The highest BCUT2D eigenvalue weighted by Gasteiger charge is 2.32. The maximum absolute atomic E-state index is 10.1. The van der Waals surface area contributed by atoms with Crippen LogP contribution in [-0.4, -0.2) is 10.2 Å². The topological polar surface area (TPSA) is 77.4 Å². The van der Waals surface area contributed by atoms with E-state index < -0.39 is 0 Å². The largest absolute Gasteiger partial charge is 0.508 e. The number of phenols is 2. The van der Waals surface area contributed by atoms with Gasteiger partial charge in [0.1, 0.15) is 17.6 Å². The number of phenolic OH excluding ortho intramolecular Hbond substituents is 2. The van der Waals surface area contributed by atoms with E-state index in [-0.39, 0.29) is 23.2 Å². The molecule has 1 atom stereocenters. The van der Waals surface area contributed by atoms with E-state index in [1.54, 1.807) is 30.3 Å². The molecule has 0 saturated heterocycles. The van der Waals surface area contributed by atoms with Crippen molar-refractivity contribution in [2.75, 3.05) is 0 Å². The molecule has 0 fully saturated rings. The van der Waals surface area contributed by atoms with E-state index in [1.807, 2.05) is 19.1 Å². The van der Waals surface area contributed by atoms with Gasteiger partial charge in [-0.05, 0) is 71.2 Å². The van der Waals surface area contributed by atoms with Crippen molar-refractivity contribution in [2.45, 2.75) is 12.8 Å². The lowest BCUT2D eigenvalue weighted by Gasteiger charge is -2.17. The molecule has 2 N–H and O–H groups in total. The summed E-state index contributed by atoms with van der Waals surface area (Å²) in [5, 5.41) is 29.0. The van der Waals surface area contributed by atoms with Gasteiger partial charge in [-0.25, -0.2) is 0 Å². The number of allylic oxidation sites excluding steroid dienone is 1. The third-order valence-electron chi connectivity index (χ3n) is 4.63. The van der Waals surface area contributed by atoms with Crippen LogP contribution in [-0.2, 0) is 0 Å². The minimum absolute atomic E-state index is 0.198. The van der Waals surface area contributed by atoms with Crippen molar-refractivity contribution in [3.63, 3.8) is 0 Å². The summed E-state index contributed by atoms with van der Waals surface area (Å²) in [7, 11) is 0. The fourth-order valence-electron chi connectivity index (χ4n) is 3.52. The van der Waals surface area contributed by atoms with Gasteiger partial charge < -0.3 is 14.6 Å². The number of fused-ring (bicyclic) bond motifs is 1. The number of nitriles is 1. The zero-order valence-corrected chi connectivity index (χ0v) is 13.5. The Morgan fingerprint density at radius 1 is 1.00 bits per heavy atom. The molecule has 3 aromatic rings. The molecule has 4 nitrogen and oxygen atoms in total. The molecule has 1 unspecified atom stereocenters. The standard InChI is InChI=1S/C21H15NO3/c1-12-8-15(24)9-19-17(12)10-18(13-2-4-14(23)5-3-13)21(19)16-6-7-25-20(16)11-22/h2-10,21,23-24H,1H3. The number of nitrogens with zero attached hydrogens (tertiary/aromatic N) is 1. The number of hydrogen-bond donors (Lipinski definition) is 2. The molecule has 0 spiro atoms. The lowest BCUT2D eigenvalue weighted by Crippen LogP contribution is -2.02. The molecule has 1 aliphatic rings. The van der Waals surface area contributed by atoms with Crippen LogP contribution in [0.1, 0.15) is 39.5 Å².